The van der Waals surface area contributed by atoms with E-state index in [0.29, 0.717) is 5.84 Å². The smallest absolute Gasteiger partial charge is 0.159 e. The summed E-state index contributed by atoms with van der Waals surface area (Å²) in [5.74, 6) is 1.47. The second kappa shape index (κ2) is 11.0. The molecular weight excluding hydrogens is 599 g/mol. The van der Waals surface area contributed by atoms with Gasteiger partial charge in [0.1, 0.15) is 23.2 Å². The van der Waals surface area contributed by atoms with Crippen molar-refractivity contribution < 1.29 is 4.42 Å². The van der Waals surface area contributed by atoms with Crippen LogP contribution in [0.25, 0.3) is 65.4 Å². The van der Waals surface area contributed by atoms with E-state index in [-0.39, 0.29) is 0 Å². The van der Waals surface area contributed by atoms with E-state index < -0.39 is 6.17 Å². The van der Waals surface area contributed by atoms with Crippen LogP contribution in [0.3, 0.4) is 0 Å². The van der Waals surface area contributed by atoms with E-state index in [0.717, 1.165) is 66.4 Å². The van der Waals surface area contributed by atoms with Crippen molar-refractivity contribution in [3.63, 3.8) is 0 Å². The average molecular weight is 628 g/mol. The monoisotopic (exact) mass is 627 g/mol. The summed E-state index contributed by atoms with van der Waals surface area (Å²) in [7, 11) is 0. The Bertz CT molecular complexity index is 2820. The van der Waals surface area contributed by atoms with Crippen molar-refractivity contribution in [3.05, 3.63) is 180 Å². The van der Waals surface area contributed by atoms with Crippen LogP contribution < -0.4 is 5.32 Å². The van der Waals surface area contributed by atoms with Crippen LogP contribution in [0.15, 0.2) is 178 Å². The van der Waals surface area contributed by atoms with Gasteiger partial charge in [-0.15, -0.1) is 0 Å². The summed E-state index contributed by atoms with van der Waals surface area (Å²) in [6, 6.07) is 57.6. The lowest BCUT2D eigenvalue weighted by Crippen LogP contribution is -2.34. The van der Waals surface area contributed by atoms with Gasteiger partial charge in [-0.1, -0.05) is 133 Å². The summed E-state index contributed by atoms with van der Waals surface area (Å²) in [6.07, 6.45) is -0.452. The molecular formula is C45H29N3O. The number of nitrogens with zero attached hydrogens (tertiary/aromatic N) is 2. The Hall–Kier alpha value is -6.52. The van der Waals surface area contributed by atoms with Crippen LogP contribution in [0, 0.1) is 0 Å². The maximum Gasteiger partial charge on any atom is 0.159 e. The quantitative estimate of drug-likeness (QED) is 0.211. The maximum atomic E-state index is 6.46. The van der Waals surface area contributed by atoms with Crippen molar-refractivity contribution in [2.45, 2.75) is 6.17 Å². The number of hydrogen-bond donors (Lipinski definition) is 1. The Morgan fingerprint density at radius 2 is 1.02 bits per heavy atom. The molecule has 1 aliphatic heterocycles. The molecule has 230 valence electrons. The van der Waals surface area contributed by atoms with Crippen molar-refractivity contribution in [1.82, 2.24) is 5.32 Å². The van der Waals surface area contributed by atoms with Crippen molar-refractivity contribution in [3.8, 4) is 11.1 Å². The van der Waals surface area contributed by atoms with Crippen LogP contribution >= 0.6 is 0 Å². The van der Waals surface area contributed by atoms with E-state index in [4.69, 9.17) is 14.4 Å². The van der Waals surface area contributed by atoms with Gasteiger partial charge < -0.3 is 9.73 Å². The fourth-order valence-corrected chi connectivity index (χ4v) is 7.28. The predicted molar refractivity (Wildman–Crippen MR) is 204 cm³/mol. The van der Waals surface area contributed by atoms with Crippen LogP contribution in [0.4, 0.5) is 0 Å². The number of fused-ring (bicyclic) bond motifs is 6. The molecule has 10 rings (SSSR count). The molecule has 9 aromatic rings. The van der Waals surface area contributed by atoms with Crippen molar-refractivity contribution in [2.24, 2.45) is 9.98 Å². The number of nitrogens with one attached hydrogen (secondary N) is 1. The summed E-state index contributed by atoms with van der Waals surface area (Å²) < 4.78 is 6.46. The predicted octanol–water partition coefficient (Wildman–Crippen LogP) is 11.2. The lowest BCUT2D eigenvalue weighted by molar-refractivity contribution is 0.663. The fraction of sp³-hybridized carbons (Fsp3) is 0.0222. The molecule has 4 heteroatoms. The maximum absolute atomic E-state index is 6.46. The molecule has 1 N–H and O–H groups in total. The standard InChI is InChI=1S/C45H29N3O/c1-4-12-31-25-34(20-17-28(31)9-1)37-23-24-40-41(38-15-7-8-16-39(38)49-40)42(37)45-47-43(35-21-18-29-10-2-5-13-32(29)26-35)46-44(48-45)36-22-19-30-11-3-6-14-33(30)27-36/h1-27,45H,(H,46,47,48). The summed E-state index contributed by atoms with van der Waals surface area (Å²) in [5.41, 5.74) is 6.95. The third-order valence-corrected chi connectivity index (χ3v) is 9.69. The minimum atomic E-state index is -0.452. The van der Waals surface area contributed by atoms with Gasteiger partial charge in [0.2, 0.25) is 0 Å². The first kappa shape index (κ1) is 27.6. The molecule has 0 amide bonds. The molecule has 0 radical (unpaired) electrons. The minimum Gasteiger partial charge on any atom is -0.456 e. The van der Waals surface area contributed by atoms with Crippen LogP contribution in [-0.4, -0.2) is 11.7 Å². The molecule has 49 heavy (non-hydrogen) atoms. The topological polar surface area (TPSA) is 49.9 Å². The average Bonchev–Trinajstić information content (AvgIpc) is 3.55. The summed E-state index contributed by atoms with van der Waals surface area (Å²) >= 11 is 0. The molecule has 0 spiro atoms. The van der Waals surface area contributed by atoms with Crippen LogP contribution in [0.2, 0.25) is 0 Å². The Labute approximate surface area is 282 Å². The summed E-state index contributed by atoms with van der Waals surface area (Å²) in [4.78, 5) is 10.6. The molecule has 2 heterocycles. The van der Waals surface area contributed by atoms with E-state index in [1.54, 1.807) is 0 Å². The number of rotatable bonds is 4. The van der Waals surface area contributed by atoms with Gasteiger partial charge in [0.25, 0.3) is 0 Å². The van der Waals surface area contributed by atoms with E-state index in [1.165, 1.54) is 21.5 Å². The first-order valence-corrected chi connectivity index (χ1v) is 16.6. The lowest BCUT2D eigenvalue weighted by atomic mass is 9.91. The van der Waals surface area contributed by atoms with Crippen LogP contribution in [0.1, 0.15) is 22.9 Å². The minimum absolute atomic E-state index is 0.452. The van der Waals surface area contributed by atoms with Crippen molar-refractivity contribution in [2.75, 3.05) is 0 Å². The van der Waals surface area contributed by atoms with Gasteiger partial charge >= 0.3 is 0 Å². The molecule has 0 fully saturated rings. The molecule has 1 aromatic heterocycles. The molecule has 1 aliphatic rings. The summed E-state index contributed by atoms with van der Waals surface area (Å²) in [6.45, 7) is 0. The van der Waals surface area contributed by atoms with E-state index in [1.807, 2.05) is 12.1 Å². The number of benzene rings is 8. The number of furan rings is 1. The lowest BCUT2D eigenvalue weighted by Gasteiger charge is -2.26. The molecule has 8 aromatic carbocycles. The van der Waals surface area contributed by atoms with E-state index >= 15 is 0 Å². The normalized spacial score (nSPS) is 14.7. The highest BCUT2D eigenvalue weighted by Gasteiger charge is 2.28. The molecule has 1 atom stereocenters. The van der Waals surface area contributed by atoms with Crippen molar-refractivity contribution >= 4 is 65.9 Å². The second-order valence-electron chi connectivity index (χ2n) is 12.6. The Morgan fingerprint density at radius 3 is 1.71 bits per heavy atom. The van der Waals surface area contributed by atoms with Gasteiger partial charge in [-0.3, -0.25) is 0 Å². The molecule has 0 saturated carbocycles. The van der Waals surface area contributed by atoms with E-state index in [9.17, 15) is 0 Å². The first-order chi connectivity index (χ1) is 24.2. The summed E-state index contributed by atoms with van der Waals surface area (Å²) in [5, 5.41) is 13.0. The van der Waals surface area contributed by atoms with Gasteiger partial charge in [-0.05, 0) is 73.8 Å². The second-order valence-corrected chi connectivity index (χ2v) is 12.6. The van der Waals surface area contributed by atoms with Gasteiger partial charge in [-0.25, -0.2) is 9.98 Å². The number of hydrogen-bond acceptors (Lipinski definition) is 4. The van der Waals surface area contributed by atoms with E-state index in [2.05, 4.69) is 157 Å². The SMILES string of the molecule is c1ccc2cc(C3=NC(c4c(-c5ccc6ccccc6c5)ccc5oc6ccccc6c45)NC(c4ccc5ccccc5c4)=N3)ccc2c1. The number of amidine groups is 2. The van der Waals surface area contributed by atoms with Gasteiger partial charge in [-0.2, -0.15) is 0 Å². The Balaban J connectivity index is 1.24. The van der Waals surface area contributed by atoms with Gasteiger partial charge in [0.15, 0.2) is 5.84 Å². The zero-order valence-electron chi connectivity index (χ0n) is 26.5. The van der Waals surface area contributed by atoms with Gasteiger partial charge in [0, 0.05) is 27.5 Å². The van der Waals surface area contributed by atoms with Crippen molar-refractivity contribution in [1.29, 1.82) is 0 Å². The zero-order chi connectivity index (χ0) is 32.3. The number of para-hydroxylation sites is 1. The van der Waals surface area contributed by atoms with Gasteiger partial charge in [0.05, 0.1) is 0 Å². The largest absolute Gasteiger partial charge is 0.456 e. The third kappa shape index (κ3) is 4.68. The van der Waals surface area contributed by atoms with Crippen LogP contribution in [0.5, 0.6) is 0 Å². The Morgan fingerprint density at radius 1 is 0.469 bits per heavy atom. The highest BCUT2D eigenvalue weighted by Crippen LogP contribution is 2.42. The third-order valence-electron chi connectivity index (χ3n) is 9.69. The number of aliphatic imine (C=N–C) groups is 2. The molecule has 1 unspecified atom stereocenters. The molecule has 0 saturated heterocycles. The zero-order valence-corrected chi connectivity index (χ0v) is 26.5. The highest BCUT2D eigenvalue weighted by atomic mass is 16.3. The highest BCUT2D eigenvalue weighted by molar-refractivity contribution is 6.16. The molecule has 4 nitrogen and oxygen atoms in total. The first-order valence-electron chi connectivity index (χ1n) is 16.6. The molecule has 0 aliphatic carbocycles. The van der Waals surface area contributed by atoms with Crippen LogP contribution in [-0.2, 0) is 0 Å². The fourth-order valence-electron chi connectivity index (χ4n) is 7.28. The Kier molecular flexibility index (Phi) is 6.21. The molecule has 0 bridgehead atoms.